The van der Waals surface area contributed by atoms with E-state index in [0.29, 0.717) is 29.4 Å². The number of halogens is 1. The molecule has 0 bridgehead atoms. The molecule has 0 saturated carbocycles. The van der Waals surface area contributed by atoms with E-state index in [0.717, 1.165) is 15.6 Å². The summed E-state index contributed by atoms with van der Waals surface area (Å²) in [5.74, 6) is 0.675. The normalized spacial score (nSPS) is 10.6. The van der Waals surface area contributed by atoms with E-state index in [1.54, 1.807) is 25.1 Å². The van der Waals surface area contributed by atoms with Gasteiger partial charge < -0.3 is 14.0 Å². The smallest absolute Gasteiger partial charge is 0.342 e. The van der Waals surface area contributed by atoms with Gasteiger partial charge in [0.15, 0.2) is 0 Å². The highest BCUT2D eigenvalue weighted by Gasteiger charge is 2.17. The van der Waals surface area contributed by atoms with Crippen LogP contribution < -0.4 is 4.74 Å². The molecule has 0 aliphatic rings. The average molecular weight is 416 g/mol. The van der Waals surface area contributed by atoms with Gasteiger partial charge in [-0.05, 0) is 32.0 Å². The molecule has 0 aliphatic heterocycles. The summed E-state index contributed by atoms with van der Waals surface area (Å²) in [6, 6.07) is 14.8. The number of rotatable bonds is 6. The van der Waals surface area contributed by atoms with E-state index in [1.165, 1.54) is 0 Å². The van der Waals surface area contributed by atoms with Crippen LogP contribution in [0.4, 0.5) is 0 Å². The number of benzene rings is 2. The number of nitrogens with zero attached hydrogens (tertiary/aromatic N) is 1. The molecule has 0 spiro atoms. The van der Waals surface area contributed by atoms with Crippen LogP contribution in [0.15, 0.2) is 57.5 Å². The van der Waals surface area contributed by atoms with Crippen molar-refractivity contribution >= 4 is 21.9 Å². The van der Waals surface area contributed by atoms with Gasteiger partial charge in [-0.25, -0.2) is 4.79 Å². The summed E-state index contributed by atoms with van der Waals surface area (Å²) in [6.45, 7) is 4.06. The lowest BCUT2D eigenvalue weighted by atomic mass is 10.2. The van der Waals surface area contributed by atoms with Gasteiger partial charge in [-0.15, -0.1) is 0 Å². The van der Waals surface area contributed by atoms with Crippen molar-refractivity contribution in [3.05, 3.63) is 81.1 Å². The number of esters is 1. The van der Waals surface area contributed by atoms with Crippen molar-refractivity contribution < 1.29 is 18.8 Å². The van der Waals surface area contributed by atoms with E-state index in [2.05, 4.69) is 21.1 Å². The third kappa shape index (κ3) is 4.14. The van der Waals surface area contributed by atoms with Crippen LogP contribution in [0.2, 0.25) is 0 Å². The molecule has 0 amide bonds. The molecule has 0 saturated heterocycles. The minimum Gasteiger partial charge on any atom is -0.488 e. The van der Waals surface area contributed by atoms with Crippen molar-refractivity contribution in [1.82, 2.24) is 5.16 Å². The molecule has 0 aliphatic carbocycles. The molecule has 3 aromatic rings. The van der Waals surface area contributed by atoms with Crippen LogP contribution in [0.3, 0.4) is 0 Å². The lowest BCUT2D eigenvalue weighted by molar-refractivity contribution is 0.0465. The maximum Gasteiger partial charge on any atom is 0.342 e. The quantitative estimate of drug-likeness (QED) is 0.530. The maximum atomic E-state index is 12.5. The van der Waals surface area contributed by atoms with Crippen LogP contribution in [-0.2, 0) is 18.0 Å². The maximum absolute atomic E-state index is 12.5. The molecule has 0 unspecified atom stereocenters. The van der Waals surface area contributed by atoms with E-state index in [4.69, 9.17) is 14.0 Å². The van der Waals surface area contributed by atoms with E-state index in [9.17, 15) is 4.79 Å². The van der Waals surface area contributed by atoms with Crippen molar-refractivity contribution in [2.75, 3.05) is 0 Å². The van der Waals surface area contributed by atoms with Crippen LogP contribution in [-0.4, -0.2) is 11.1 Å². The van der Waals surface area contributed by atoms with Gasteiger partial charge in [0.2, 0.25) is 0 Å². The SMILES string of the molecule is Cc1noc(C)c1COC(=O)c1ccccc1OCc1ccccc1Br. The van der Waals surface area contributed by atoms with Crippen molar-refractivity contribution in [2.24, 2.45) is 0 Å². The van der Waals surface area contributed by atoms with Crippen molar-refractivity contribution in [2.45, 2.75) is 27.1 Å². The molecule has 5 nitrogen and oxygen atoms in total. The van der Waals surface area contributed by atoms with Crippen molar-refractivity contribution in [1.29, 1.82) is 0 Å². The summed E-state index contributed by atoms with van der Waals surface area (Å²) < 4.78 is 17.3. The first-order valence-corrected chi connectivity index (χ1v) is 8.89. The summed E-state index contributed by atoms with van der Waals surface area (Å²) >= 11 is 3.49. The molecule has 3 rings (SSSR count). The Morgan fingerprint density at radius 3 is 2.54 bits per heavy atom. The van der Waals surface area contributed by atoms with E-state index < -0.39 is 5.97 Å². The Balaban J connectivity index is 1.70. The molecule has 26 heavy (non-hydrogen) atoms. The molecular formula is C20H18BrNO4. The highest BCUT2D eigenvalue weighted by molar-refractivity contribution is 9.10. The summed E-state index contributed by atoms with van der Waals surface area (Å²) in [4.78, 5) is 12.5. The molecule has 0 atom stereocenters. The highest BCUT2D eigenvalue weighted by Crippen LogP contribution is 2.23. The van der Waals surface area contributed by atoms with Crippen molar-refractivity contribution in [3.63, 3.8) is 0 Å². The van der Waals surface area contributed by atoms with E-state index in [-0.39, 0.29) is 6.61 Å². The summed E-state index contributed by atoms with van der Waals surface area (Å²) in [6.07, 6.45) is 0. The zero-order valence-electron chi connectivity index (χ0n) is 14.5. The fourth-order valence-corrected chi connectivity index (χ4v) is 2.85. The zero-order chi connectivity index (χ0) is 18.5. The minimum absolute atomic E-state index is 0.110. The predicted octanol–water partition coefficient (Wildman–Crippen LogP) is 4.99. The molecule has 0 radical (unpaired) electrons. The number of hydrogen-bond acceptors (Lipinski definition) is 5. The first kappa shape index (κ1) is 18.2. The highest BCUT2D eigenvalue weighted by atomic mass is 79.9. The Morgan fingerprint density at radius 2 is 1.81 bits per heavy atom. The number of para-hydroxylation sites is 1. The first-order chi connectivity index (χ1) is 12.6. The second-order valence-corrected chi connectivity index (χ2v) is 6.61. The number of hydrogen-bond donors (Lipinski definition) is 0. The van der Waals surface area contributed by atoms with Gasteiger partial charge in [-0.1, -0.05) is 51.4 Å². The van der Waals surface area contributed by atoms with Gasteiger partial charge in [0.25, 0.3) is 0 Å². The van der Waals surface area contributed by atoms with Gasteiger partial charge in [0.05, 0.1) is 11.3 Å². The van der Waals surface area contributed by atoms with E-state index >= 15 is 0 Å². The monoisotopic (exact) mass is 415 g/mol. The fourth-order valence-electron chi connectivity index (χ4n) is 2.46. The minimum atomic E-state index is -0.451. The number of carbonyl (C=O) groups excluding carboxylic acids is 1. The van der Waals surface area contributed by atoms with Gasteiger partial charge in [-0.2, -0.15) is 0 Å². The van der Waals surface area contributed by atoms with Crippen LogP contribution in [0, 0.1) is 13.8 Å². The number of aromatic nitrogens is 1. The van der Waals surface area contributed by atoms with E-state index in [1.807, 2.05) is 37.3 Å². The summed E-state index contributed by atoms with van der Waals surface area (Å²) in [7, 11) is 0. The topological polar surface area (TPSA) is 61.6 Å². The molecule has 1 heterocycles. The van der Waals surface area contributed by atoms with Gasteiger partial charge in [0, 0.05) is 10.0 Å². The van der Waals surface area contributed by atoms with Crippen LogP contribution in [0.5, 0.6) is 5.75 Å². The Morgan fingerprint density at radius 1 is 1.08 bits per heavy atom. The summed E-state index contributed by atoms with van der Waals surface area (Å²) in [5, 5.41) is 3.86. The molecular weight excluding hydrogens is 398 g/mol. The number of ether oxygens (including phenoxy) is 2. The lowest BCUT2D eigenvalue weighted by Crippen LogP contribution is -2.09. The Bertz CT molecular complexity index is 900. The molecule has 0 fully saturated rings. The molecule has 0 N–H and O–H groups in total. The van der Waals surface area contributed by atoms with Crippen LogP contribution in [0.1, 0.15) is 32.9 Å². The average Bonchev–Trinajstić information content (AvgIpc) is 2.97. The van der Waals surface area contributed by atoms with Crippen LogP contribution in [0.25, 0.3) is 0 Å². The Labute approximate surface area is 160 Å². The number of aryl methyl sites for hydroxylation is 2. The lowest BCUT2D eigenvalue weighted by Gasteiger charge is -2.12. The Hall–Kier alpha value is -2.60. The van der Waals surface area contributed by atoms with Crippen molar-refractivity contribution in [3.8, 4) is 5.75 Å². The standard InChI is InChI=1S/C20H18BrNO4/c1-13-17(14(2)26-22-13)12-25-20(23)16-8-4-6-10-19(16)24-11-15-7-3-5-9-18(15)21/h3-10H,11-12H2,1-2H3. The molecule has 1 aromatic heterocycles. The second-order valence-electron chi connectivity index (χ2n) is 5.76. The number of carbonyl (C=O) groups is 1. The molecule has 134 valence electrons. The molecule has 2 aromatic carbocycles. The predicted molar refractivity (Wildman–Crippen MR) is 100 cm³/mol. The molecule has 6 heteroatoms. The second kappa shape index (κ2) is 8.19. The summed E-state index contributed by atoms with van der Waals surface area (Å²) in [5.41, 5.74) is 2.87. The van der Waals surface area contributed by atoms with Gasteiger partial charge in [-0.3, -0.25) is 0 Å². The third-order valence-electron chi connectivity index (χ3n) is 3.98. The van der Waals surface area contributed by atoms with Gasteiger partial charge >= 0.3 is 5.97 Å². The zero-order valence-corrected chi connectivity index (χ0v) is 16.1. The first-order valence-electron chi connectivity index (χ1n) is 8.10. The van der Waals surface area contributed by atoms with Gasteiger partial charge in [0.1, 0.15) is 30.3 Å². The largest absolute Gasteiger partial charge is 0.488 e. The van der Waals surface area contributed by atoms with Crippen LogP contribution >= 0.6 is 15.9 Å². The third-order valence-corrected chi connectivity index (χ3v) is 4.75. The fraction of sp³-hybridized carbons (Fsp3) is 0.200. The Kier molecular flexibility index (Phi) is 5.73.